The van der Waals surface area contributed by atoms with Crippen molar-refractivity contribution in [2.75, 3.05) is 7.05 Å². The molecule has 12 heteroatoms. The normalized spacial score (nSPS) is 24.2. The number of H-pyrrole nitrogens is 1. The topological polar surface area (TPSA) is 76.6 Å². The van der Waals surface area contributed by atoms with Crippen LogP contribution in [0.2, 0.25) is 18.1 Å². The Labute approximate surface area is 198 Å². The third-order valence-corrected chi connectivity index (χ3v) is 11.4. The maximum Gasteiger partial charge on any atom is 0.471 e. The number of halogens is 3. The third kappa shape index (κ3) is 5.95. The number of amides is 1. The van der Waals surface area contributed by atoms with Gasteiger partial charge in [-0.3, -0.25) is 19.1 Å². The first-order valence-electron chi connectivity index (χ1n) is 10.9. The van der Waals surface area contributed by atoms with Crippen LogP contribution in [0.3, 0.4) is 0 Å². The Bertz CT molecular complexity index is 987. The zero-order valence-corrected chi connectivity index (χ0v) is 22.2. The Morgan fingerprint density at radius 3 is 2.39 bits per heavy atom. The number of aromatic amines is 1. The molecule has 1 aromatic heterocycles. The number of ether oxygens (including phenoxy) is 1. The maximum atomic E-state index is 12.8. The lowest BCUT2D eigenvalue weighted by Crippen LogP contribution is -2.47. The molecule has 4 atom stereocenters. The molecule has 1 fully saturated rings. The van der Waals surface area contributed by atoms with Crippen molar-refractivity contribution in [3.63, 3.8) is 0 Å². The minimum atomic E-state index is -5.03. The van der Waals surface area contributed by atoms with Crippen LogP contribution in [-0.4, -0.2) is 54.1 Å². The molecule has 1 aromatic rings. The predicted molar refractivity (Wildman–Crippen MR) is 124 cm³/mol. The highest BCUT2D eigenvalue weighted by atomic mass is 32.1. The van der Waals surface area contributed by atoms with E-state index in [-0.39, 0.29) is 33.5 Å². The highest BCUT2D eigenvalue weighted by molar-refractivity contribution is 7.71. The lowest BCUT2D eigenvalue weighted by molar-refractivity contribution is -0.184. The van der Waals surface area contributed by atoms with Gasteiger partial charge in [0.2, 0.25) is 0 Å². The highest BCUT2D eigenvalue weighted by Crippen LogP contribution is 2.44. The zero-order valence-electron chi connectivity index (χ0n) is 20.4. The van der Waals surface area contributed by atoms with Gasteiger partial charge in [-0.1, -0.05) is 34.6 Å². The number of alkyl halides is 3. The summed E-state index contributed by atoms with van der Waals surface area (Å²) in [5.74, 6) is -2.01. The van der Waals surface area contributed by atoms with E-state index >= 15 is 0 Å². The number of nitrogens with one attached hydrogen (secondary N) is 1. The Kier molecular flexibility index (Phi) is 8.09. The summed E-state index contributed by atoms with van der Waals surface area (Å²) in [6.07, 6.45) is -4.06. The van der Waals surface area contributed by atoms with Gasteiger partial charge in [0, 0.05) is 19.2 Å². The van der Waals surface area contributed by atoms with Crippen molar-refractivity contribution >= 4 is 26.4 Å². The minimum Gasteiger partial charge on any atom is -0.409 e. The first kappa shape index (κ1) is 27.7. The first-order chi connectivity index (χ1) is 14.9. The molecular formula is C21H34F3N3O4SSi. The molecule has 1 N–H and O–H groups in total. The van der Waals surface area contributed by atoms with Crippen LogP contribution in [0.15, 0.2) is 11.0 Å². The summed E-state index contributed by atoms with van der Waals surface area (Å²) in [6, 6.07) is 0. The quantitative estimate of drug-likeness (QED) is 0.442. The minimum absolute atomic E-state index is 0.0286. The van der Waals surface area contributed by atoms with Crippen LogP contribution in [0.4, 0.5) is 13.2 Å². The van der Waals surface area contributed by atoms with Crippen LogP contribution in [0, 0.1) is 10.7 Å². The van der Waals surface area contributed by atoms with Gasteiger partial charge in [-0.2, -0.15) is 13.2 Å². The molecule has 1 unspecified atom stereocenters. The second-order valence-electron chi connectivity index (χ2n) is 10.2. The molecule has 0 saturated carbocycles. The molecule has 33 heavy (non-hydrogen) atoms. The molecule has 1 aliphatic heterocycles. The van der Waals surface area contributed by atoms with E-state index in [0.717, 1.165) is 13.5 Å². The molecular weight excluding hydrogens is 475 g/mol. The molecule has 1 saturated heterocycles. The maximum absolute atomic E-state index is 12.8. The van der Waals surface area contributed by atoms with E-state index < -0.39 is 38.7 Å². The molecule has 1 amide bonds. The lowest BCUT2D eigenvalue weighted by atomic mass is 9.99. The monoisotopic (exact) mass is 509 g/mol. The first-order valence-corrected chi connectivity index (χ1v) is 14.2. The molecule has 0 radical (unpaired) electrons. The van der Waals surface area contributed by atoms with Gasteiger partial charge >= 0.3 is 12.1 Å². The summed E-state index contributed by atoms with van der Waals surface area (Å²) in [5, 5.41) is -0.0557. The SMILES string of the molecule is CC[C@H]1O[C@@H](n2cc(CN(C)C(=O)C(F)(F)F)c(=O)[nH]c2=S)C(O[Si](C)(C)C(C)(C)C)[C@H]1C. The molecule has 1 aliphatic rings. The smallest absolute Gasteiger partial charge is 0.409 e. The fraction of sp³-hybridized carbons (Fsp3) is 0.762. The second-order valence-corrected chi connectivity index (χ2v) is 15.3. The van der Waals surface area contributed by atoms with Gasteiger partial charge in [0.25, 0.3) is 5.56 Å². The van der Waals surface area contributed by atoms with E-state index in [0.29, 0.717) is 4.90 Å². The Morgan fingerprint density at radius 2 is 1.91 bits per heavy atom. The summed E-state index contributed by atoms with van der Waals surface area (Å²) in [4.78, 5) is 26.9. The average Bonchev–Trinajstić information content (AvgIpc) is 2.96. The van der Waals surface area contributed by atoms with Crippen molar-refractivity contribution in [1.82, 2.24) is 14.5 Å². The van der Waals surface area contributed by atoms with Crippen LogP contribution in [-0.2, 0) is 20.5 Å². The molecule has 0 aliphatic carbocycles. The second kappa shape index (κ2) is 9.63. The number of nitrogens with zero attached hydrogens (tertiary/aromatic N) is 2. The largest absolute Gasteiger partial charge is 0.471 e. The van der Waals surface area contributed by atoms with Crippen LogP contribution >= 0.6 is 12.2 Å². The van der Waals surface area contributed by atoms with Gasteiger partial charge in [-0.25, -0.2) is 0 Å². The number of carbonyl (C=O) groups is 1. The Morgan fingerprint density at radius 1 is 1.33 bits per heavy atom. The molecule has 0 spiro atoms. The average molecular weight is 510 g/mol. The van der Waals surface area contributed by atoms with E-state index in [1.165, 1.54) is 10.8 Å². The van der Waals surface area contributed by atoms with Crippen LogP contribution < -0.4 is 5.56 Å². The standard InChI is InChI=1S/C21H34F3N3O4SSi/c1-9-14-12(2)15(31-33(7,8)20(3,4)5)17(30-14)27-11-13(16(28)25-19(27)32)10-26(6)18(29)21(22,23)24/h11-12,14-15,17H,9-10H2,1-8H3,(H,25,28,32)/t12-,14+,15?,17+/m0/s1. The van der Waals surface area contributed by atoms with Gasteiger partial charge in [-0.05, 0) is 36.8 Å². The van der Waals surface area contributed by atoms with Gasteiger partial charge in [-0.15, -0.1) is 0 Å². The van der Waals surface area contributed by atoms with E-state index in [1.54, 1.807) is 0 Å². The summed E-state index contributed by atoms with van der Waals surface area (Å²) in [6.45, 7) is 14.2. The fourth-order valence-corrected chi connectivity index (χ4v) is 5.21. The number of aromatic nitrogens is 2. The van der Waals surface area contributed by atoms with E-state index in [9.17, 15) is 22.8 Å². The predicted octanol–water partition coefficient (Wildman–Crippen LogP) is 4.76. The number of carbonyl (C=O) groups excluding carboxylic acids is 1. The highest BCUT2D eigenvalue weighted by Gasteiger charge is 2.48. The lowest BCUT2D eigenvalue weighted by Gasteiger charge is -2.40. The van der Waals surface area contributed by atoms with Gasteiger partial charge in [0.05, 0.1) is 24.3 Å². The van der Waals surface area contributed by atoms with Crippen molar-refractivity contribution in [2.45, 2.75) is 90.3 Å². The van der Waals surface area contributed by atoms with Gasteiger partial charge < -0.3 is 14.1 Å². The summed E-state index contributed by atoms with van der Waals surface area (Å²) in [5.41, 5.74) is -0.691. The van der Waals surface area contributed by atoms with E-state index in [2.05, 4.69) is 38.8 Å². The van der Waals surface area contributed by atoms with Crippen molar-refractivity contribution in [3.05, 3.63) is 26.9 Å². The van der Waals surface area contributed by atoms with Gasteiger partial charge in [0.1, 0.15) is 0 Å². The number of rotatable bonds is 6. The molecule has 2 heterocycles. The van der Waals surface area contributed by atoms with Crippen molar-refractivity contribution in [2.24, 2.45) is 5.92 Å². The Balaban J connectivity index is 2.48. The van der Waals surface area contributed by atoms with Crippen molar-refractivity contribution in [1.29, 1.82) is 0 Å². The molecule has 2 rings (SSSR count). The number of hydrogen-bond donors (Lipinski definition) is 1. The third-order valence-electron chi connectivity index (χ3n) is 6.65. The van der Waals surface area contributed by atoms with Gasteiger partial charge in [0.15, 0.2) is 19.3 Å². The van der Waals surface area contributed by atoms with E-state index in [4.69, 9.17) is 21.4 Å². The fourth-order valence-electron chi connectivity index (χ4n) is 3.60. The van der Waals surface area contributed by atoms with Crippen LogP contribution in [0.5, 0.6) is 0 Å². The summed E-state index contributed by atoms with van der Waals surface area (Å²) >= 11 is 5.36. The van der Waals surface area contributed by atoms with E-state index in [1.807, 2.05) is 13.8 Å². The zero-order chi connectivity index (χ0) is 25.5. The Hall–Kier alpha value is -1.50. The molecule has 7 nitrogen and oxygen atoms in total. The van der Waals surface area contributed by atoms with Crippen LogP contribution in [0.1, 0.15) is 52.8 Å². The molecule has 0 bridgehead atoms. The van der Waals surface area contributed by atoms with Crippen LogP contribution in [0.25, 0.3) is 0 Å². The van der Waals surface area contributed by atoms with Crippen molar-refractivity contribution < 1.29 is 27.1 Å². The molecule has 188 valence electrons. The summed E-state index contributed by atoms with van der Waals surface area (Å²) in [7, 11) is -1.22. The van der Waals surface area contributed by atoms with Crippen molar-refractivity contribution in [3.8, 4) is 0 Å². The number of hydrogen-bond acceptors (Lipinski definition) is 5. The summed E-state index contributed by atoms with van der Waals surface area (Å²) < 4.78 is 53.0. The molecule has 0 aromatic carbocycles.